The van der Waals surface area contributed by atoms with Gasteiger partial charge in [0.1, 0.15) is 11.6 Å². The van der Waals surface area contributed by atoms with E-state index in [0.29, 0.717) is 16.5 Å². The first kappa shape index (κ1) is 31.3. The summed E-state index contributed by atoms with van der Waals surface area (Å²) in [6.07, 6.45) is 2.94. The molecule has 4 aromatic carbocycles. The summed E-state index contributed by atoms with van der Waals surface area (Å²) in [6, 6.07) is 23.0. The summed E-state index contributed by atoms with van der Waals surface area (Å²) in [6.45, 7) is 3.26. The zero-order valence-electron chi connectivity index (χ0n) is 24.9. The van der Waals surface area contributed by atoms with E-state index in [-0.39, 0.29) is 40.7 Å². The highest BCUT2D eigenvalue weighted by molar-refractivity contribution is 7.90. The lowest BCUT2D eigenvalue weighted by atomic mass is 10.2. The molecule has 0 aliphatic carbocycles. The number of hydrogen-bond acceptors (Lipinski definition) is 6. The molecule has 0 saturated heterocycles. The topological polar surface area (TPSA) is 107 Å². The first-order valence-electron chi connectivity index (χ1n) is 14.2. The van der Waals surface area contributed by atoms with Gasteiger partial charge in [-0.1, -0.05) is 64.9 Å². The van der Waals surface area contributed by atoms with Gasteiger partial charge in [0.15, 0.2) is 0 Å². The van der Waals surface area contributed by atoms with Gasteiger partial charge >= 0.3 is 0 Å². The molecule has 6 aromatic rings. The molecule has 0 aliphatic rings. The number of fused-ring (bicyclic) bond motifs is 1. The van der Waals surface area contributed by atoms with Crippen molar-refractivity contribution in [2.75, 3.05) is 0 Å². The van der Waals surface area contributed by atoms with Crippen molar-refractivity contribution in [3.8, 4) is 0 Å². The monoisotopic (exact) mass is 661 g/mol. The van der Waals surface area contributed by atoms with E-state index in [9.17, 15) is 25.6 Å². The standard InChI is InChI=1S/C33H29F2N5O4S2/c1-23-7-13-29(14-8-23)45(41,42)39(22-28-21-38(37-36-28)18-25-11-12-27(34)17-32(25)35)19-26-20-40(33-6-4-3-5-31(26)33)46(43,44)30-15-9-24(2)10-16-30/h3-17,20-21H,18-19,22H2,1-2H3. The maximum atomic E-state index is 14.3. The highest BCUT2D eigenvalue weighted by Crippen LogP contribution is 2.29. The average Bonchev–Trinajstić information content (AvgIpc) is 3.63. The van der Waals surface area contributed by atoms with Crippen LogP contribution in [0.4, 0.5) is 8.78 Å². The Morgan fingerprint density at radius 2 is 1.39 bits per heavy atom. The number of aryl methyl sites for hydroxylation is 2. The van der Waals surface area contributed by atoms with Crippen molar-refractivity contribution in [2.45, 2.75) is 43.3 Å². The van der Waals surface area contributed by atoms with Gasteiger partial charge in [-0.2, -0.15) is 4.31 Å². The molecular weight excluding hydrogens is 633 g/mol. The number of aromatic nitrogens is 4. The minimum absolute atomic E-state index is 0.0474. The number of hydrogen-bond donors (Lipinski definition) is 0. The molecule has 0 amide bonds. The number of benzene rings is 4. The van der Waals surface area contributed by atoms with Gasteiger partial charge in [0.25, 0.3) is 10.0 Å². The molecule has 9 nitrogen and oxygen atoms in total. The van der Waals surface area contributed by atoms with Gasteiger partial charge < -0.3 is 0 Å². The van der Waals surface area contributed by atoms with Crippen LogP contribution in [-0.2, 0) is 39.7 Å². The van der Waals surface area contributed by atoms with Crippen LogP contribution in [-0.4, -0.2) is 40.1 Å². The van der Waals surface area contributed by atoms with Crippen molar-refractivity contribution in [1.82, 2.24) is 23.3 Å². The number of rotatable bonds is 10. The van der Waals surface area contributed by atoms with Gasteiger partial charge in [-0.15, -0.1) is 5.10 Å². The van der Waals surface area contributed by atoms with Crippen LogP contribution in [0.15, 0.2) is 113 Å². The molecule has 0 fully saturated rings. The fourth-order valence-corrected chi connectivity index (χ4v) is 7.92. The predicted octanol–water partition coefficient (Wildman–Crippen LogP) is 5.80. The van der Waals surface area contributed by atoms with Gasteiger partial charge in [0.2, 0.25) is 10.0 Å². The minimum Gasteiger partial charge on any atom is -0.248 e. The smallest absolute Gasteiger partial charge is 0.248 e. The van der Waals surface area contributed by atoms with Gasteiger partial charge in [-0.3, -0.25) is 0 Å². The Bertz CT molecular complexity index is 2270. The van der Waals surface area contributed by atoms with Crippen LogP contribution in [0.25, 0.3) is 10.9 Å². The third-order valence-corrected chi connectivity index (χ3v) is 11.1. The summed E-state index contributed by atoms with van der Waals surface area (Å²) in [7, 11) is -8.14. The van der Waals surface area contributed by atoms with Crippen molar-refractivity contribution >= 4 is 30.9 Å². The van der Waals surface area contributed by atoms with E-state index in [0.717, 1.165) is 23.3 Å². The van der Waals surface area contributed by atoms with Crippen molar-refractivity contribution in [3.63, 3.8) is 0 Å². The molecule has 236 valence electrons. The normalized spacial score (nSPS) is 12.3. The number of sulfonamides is 1. The van der Waals surface area contributed by atoms with E-state index in [2.05, 4.69) is 10.3 Å². The minimum atomic E-state index is -4.13. The van der Waals surface area contributed by atoms with Crippen LogP contribution < -0.4 is 0 Å². The van der Waals surface area contributed by atoms with Gasteiger partial charge in [0, 0.05) is 29.8 Å². The summed E-state index contributed by atoms with van der Waals surface area (Å²) in [5.74, 6) is -1.44. The number of halogens is 2. The molecule has 13 heteroatoms. The zero-order valence-corrected chi connectivity index (χ0v) is 26.5. The van der Waals surface area contributed by atoms with Crippen LogP contribution in [0, 0.1) is 25.5 Å². The first-order chi connectivity index (χ1) is 21.9. The quantitative estimate of drug-likeness (QED) is 0.184. The SMILES string of the molecule is Cc1ccc(S(=O)(=O)N(Cc2cn(Cc3ccc(F)cc3F)nn2)Cc2cn(S(=O)(=O)c3ccc(C)cc3)c3ccccc23)cc1. The Morgan fingerprint density at radius 3 is 2.07 bits per heavy atom. The second-order valence-corrected chi connectivity index (χ2v) is 14.8. The molecule has 46 heavy (non-hydrogen) atoms. The molecule has 0 spiro atoms. The lowest BCUT2D eigenvalue weighted by molar-refractivity contribution is 0.397. The molecule has 0 unspecified atom stereocenters. The highest BCUT2D eigenvalue weighted by Gasteiger charge is 2.29. The largest absolute Gasteiger partial charge is 0.268 e. The summed E-state index contributed by atoms with van der Waals surface area (Å²) < 4.78 is 87.0. The Balaban J connectivity index is 1.39. The molecule has 2 heterocycles. The molecular formula is C33H29F2N5O4S2. The molecule has 0 aliphatic heterocycles. The maximum absolute atomic E-state index is 14.3. The molecule has 2 aromatic heterocycles. The third kappa shape index (κ3) is 6.21. The Kier molecular flexibility index (Phi) is 8.32. The molecule has 0 atom stereocenters. The summed E-state index contributed by atoms with van der Waals surface area (Å²) in [5, 5.41) is 8.72. The molecule has 0 radical (unpaired) electrons. The van der Waals surface area contributed by atoms with Gasteiger partial charge in [0.05, 0.1) is 40.3 Å². The third-order valence-electron chi connectivity index (χ3n) is 7.62. The molecule has 0 saturated carbocycles. The first-order valence-corrected chi connectivity index (χ1v) is 17.1. The lowest BCUT2D eigenvalue weighted by Crippen LogP contribution is -2.30. The summed E-state index contributed by atoms with van der Waals surface area (Å²) >= 11 is 0. The van der Waals surface area contributed by atoms with Crippen molar-refractivity contribution in [1.29, 1.82) is 0 Å². The van der Waals surface area contributed by atoms with Crippen LogP contribution in [0.1, 0.15) is 27.9 Å². The summed E-state index contributed by atoms with van der Waals surface area (Å²) in [5.41, 5.74) is 3.11. The van der Waals surface area contributed by atoms with Crippen molar-refractivity contribution < 1.29 is 25.6 Å². The van der Waals surface area contributed by atoms with Crippen LogP contribution in [0.3, 0.4) is 0 Å². The second-order valence-electron chi connectivity index (χ2n) is 11.0. The van der Waals surface area contributed by atoms with E-state index >= 15 is 0 Å². The zero-order chi connectivity index (χ0) is 32.6. The number of nitrogens with zero attached hydrogens (tertiary/aromatic N) is 5. The fraction of sp³-hybridized carbons (Fsp3) is 0.152. The van der Waals surface area contributed by atoms with Crippen molar-refractivity contribution in [2.24, 2.45) is 0 Å². The van der Waals surface area contributed by atoms with Gasteiger partial charge in [-0.25, -0.2) is 34.3 Å². The molecule has 6 rings (SSSR count). The van der Waals surface area contributed by atoms with Crippen LogP contribution >= 0.6 is 0 Å². The second kappa shape index (κ2) is 12.2. The average molecular weight is 662 g/mol. The predicted molar refractivity (Wildman–Crippen MR) is 169 cm³/mol. The van der Waals surface area contributed by atoms with Crippen LogP contribution in [0.5, 0.6) is 0 Å². The lowest BCUT2D eigenvalue weighted by Gasteiger charge is -2.21. The van der Waals surface area contributed by atoms with E-state index in [1.807, 2.05) is 13.8 Å². The van der Waals surface area contributed by atoms with Crippen LogP contribution in [0.2, 0.25) is 0 Å². The Labute approximate surface area is 265 Å². The van der Waals surface area contributed by atoms with E-state index in [1.165, 1.54) is 55.7 Å². The maximum Gasteiger partial charge on any atom is 0.268 e. The van der Waals surface area contributed by atoms with E-state index < -0.39 is 31.7 Å². The highest BCUT2D eigenvalue weighted by atomic mass is 32.2. The fourth-order valence-electron chi connectivity index (χ4n) is 5.14. The van der Waals surface area contributed by atoms with E-state index in [4.69, 9.17) is 0 Å². The van der Waals surface area contributed by atoms with E-state index in [1.54, 1.807) is 48.5 Å². The summed E-state index contributed by atoms with van der Waals surface area (Å²) in [4.78, 5) is 0.152. The molecule has 0 bridgehead atoms. The van der Waals surface area contributed by atoms with Crippen molar-refractivity contribution in [3.05, 3.63) is 143 Å². The Hall–Kier alpha value is -4.72. The van der Waals surface area contributed by atoms with Gasteiger partial charge in [-0.05, 0) is 55.8 Å². The molecule has 0 N–H and O–H groups in total. The number of para-hydroxylation sites is 1. The Morgan fingerprint density at radius 1 is 0.739 bits per heavy atom.